The van der Waals surface area contributed by atoms with E-state index < -0.39 is 0 Å². The Morgan fingerprint density at radius 3 is 2.27 bits per heavy atom. The molecule has 0 N–H and O–H groups in total. The van der Waals surface area contributed by atoms with Gasteiger partial charge in [0.25, 0.3) is 0 Å². The molecule has 0 saturated carbocycles. The highest BCUT2D eigenvalue weighted by atomic mass is 19.1. The predicted octanol–water partition coefficient (Wildman–Crippen LogP) is 2.96. The van der Waals surface area contributed by atoms with Gasteiger partial charge in [-0.15, -0.1) is 0 Å². The van der Waals surface area contributed by atoms with Crippen LogP contribution in [0, 0.1) is 0 Å². The topological polar surface area (TPSA) is 9.23 Å². The molecule has 0 aliphatic heterocycles. The van der Waals surface area contributed by atoms with Gasteiger partial charge in [-0.3, -0.25) is 0 Å². The zero-order chi connectivity index (χ0) is 8.53. The Bertz CT molecular complexity index is 157. The molecule has 0 aliphatic rings. The molecule has 0 heterocycles. The minimum atomic E-state index is 0.191. The van der Waals surface area contributed by atoms with Crippen LogP contribution < -0.4 is 0 Å². The van der Waals surface area contributed by atoms with Crippen LogP contribution in [-0.4, -0.2) is 6.10 Å². The van der Waals surface area contributed by atoms with E-state index in [1.807, 2.05) is 13.8 Å². The molecule has 62 valence electrons. The second-order valence-corrected chi connectivity index (χ2v) is 2.22. The van der Waals surface area contributed by atoms with E-state index in [1.165, 1.54) is 6.08 Å². The molecule has 2 heteroatoms. The number of hydrogen-bond acceptors (Lipinski definition) is 1. The minimum Gasteiger partial charge on any atom is -0.499 e. The Labute approximate surface area is 66.9 Å². The third-order valence-corrected chi connectivity index (χ3v) is 0.835. The Kier molecular flexibility index (Phi) is 6.39. The fraction of sp³-hybridized carbons (Fsp3) is 0.333. The molecule has 0 amide bonds. The van der Waals surface area contributed by atoms with Gasteiger partial charge < -0.3 is 4.74 Å². The largest absolute Gasteiger partial charge is 0.499 e. The van der Waals surface area contributed by atoms with Crippen LogP contribution in [-0.2, 0) is 4.74 Å². The Morgan fingerprint density at radius 2 is 1.73 bits per heavy atom. The molecule has 0 radical (unpaired) electrons. The molecule has 0 atom stereocenters. The second-order valence-electron chi connectivity index (χ2n) is 2.22. The summed E-state index contributed by atoms with van der Waals surface area (Å²) in [6, 6.07) is 0. The van der Waals surface area contributed by atoms with E-state index in [-0.39, 0.29) is 6.10 Å². The van der Waals surface area contributed by atoms with E-state index in [9.17, 15) is 4.39 Å². The Hall–Kier alpha value is -1.05. The van der Waals surface area contributed by atoms with Crippen LogP contribution in [0.2, 0.25) is 0 Å². The van der Waals surface area contributed by atoms with Gasteiger partial charge >= 0.3 is 0 Å². The van der Waals surface area contributed by atoms with Crippen LogP contribution in [0.1, 0.15) is 13.8 Å². The van der Waals surface area contributed by atoms with Gasteiger partial charge in [-0.25, -0.2) is 4.39 Å². The second kappa shape index (κ2) is 7.06. The van der Waals surface area contributed by atoms with Gasteiger partial charge in [0.1, 0.15) is 0 Å². The number of allylic oxidation sites excluding steroid dienone is 4. The van der Waals surface area contributed by atoms with Crippen molar-refractivity contribution in [2.45, 2.75) is 20.0 Å². The fourth-order valence-corrected chi connectivity index (χ4v) is 0.418. The van der Waals surface area contributed by atoms with Gasteiger partial charge in [0, 0.05) is 0 Å². The van der Waals surface area contributed by atoms with Crippen molar-refractivity contribution < 1.29 is 9.13 Å². The molecule has 1 nitrogen and oxygen atoms in total. The maximum absolute atomic E-state index is 11.3. The first-order valence-electron chi connectivity index (χ1n) is 3.51. The first-order valence-corrected chi connectivity index (χ1v) is 3.51. The lowest BCUT2D eigenvalue weighted by atomic mass is 10.4. The van der Waals surface area contributed by atoms with Gasteiger partial charge in [0.2, 0.25) is 0 Å². The normalized spacial score (nSPS) is 12.7. The van der Waals surface area contributed by atoms with Crippen LogP contribution in [0.3, 0.4) is 0 Å². The summed E-state index contributed by atoms with van der Waals surface area (Å²) < 4.78 is 16.4. The number of hydrogen-bond donors (Lipinski definition) is 0. The summed E-state index contributed by atoms with van der Waals surface area (Å²) in [6.45, 7) is 3.88. The maximum atomic E-state index is 11.3. The summed E-state index contributed by atoms with van der Waals surface area (Å²) >= 11 is 0. The van der Waals surface area contributed by atoms with E-state index >= 15 is 0 Å². The average Bonchev–Trinajstić information content (AvgIpc) is 1.96. The third kappa shape index (κ3) is 8.95. The van der Waals surface area contributed by atoms with Gasteiger partial charge in [0.15, 0.2) is 0 Å². The fourth-order valence-electron chi connectivity index (χ4n) is 0.418. The maximum Gasteiger partial charge on any atom is 0.0922 e. The molecule has 0 aliphatic carbocycles. The van der Waals surface area contributed by atoms with Crippen LogP contribution in [0.4, 0.5) is 4.39 Å². The zero-order valence-electron chi connectivity index (χ0n) is 6.83. The van der Waals surface area contributed by atoms with Crippen molar-refractivity contribution >= 4 is 0 Å². The predicted molar refractivity (Wildman–Crippen MR) is 44.7 cm³/mol. The van der Waals surface area contributed by atoms with Crippen molar-refractivity contribution in [3.05, 3.63) is 36.9 Å². The first kappa shape index (κ1) is 9.95. The number of rotatable bonds is 4. The average molecular weight is 156 g/mol. The van der Waals surface area contributed by atoms with Crippen LogP contribution in [0.5, 0.6) is 0 Å². The quantitative estimate of drug-likeness (QED) is 0.449. The first-order chi connectivity index (χ1) is 5.27. The molecule has 11 heavy (non-hydrogen) atoms. The molecule has 0 unspecified atom stereocenters. The number of ether oxygens (including phenoxy) is 1. The van der Waals surface area contributed by atoms with Crippen molar-refractivity contribution in [1.82, 2.24) is 0 Å². The molecule has 0 spiro atoms. The summed E-state index contributed by atoms with van der Waals surface area (Å²) in [5, 5.41) is 0. The summed E-state index contributed by atoms with van der Waals surface area (Å²) in [4.78, 5) is 0. The molecule has 0 aromatic heterocycles. The van der Waals surface area contributed by atoms with Crippen molar-refractivity contribution in [2.24, 2.45) is 0 Å². The van der Waals surface area contributed by atoms with Crippen molar-refractivity contribution in [2.75, 3.05) is 0 Å². The lowest BCUT2D eigenvalue weighted by Crippen LogP contribution is -1.93. The van der Waals surface area contributed by atoms with Crippen molar-refractivity contribution in [3.63, 3.8) is 0 Å². The van der Waals surface area contributed by atoms with Gasteiger partial charge in [-0.2, -0.15) is 0 Å². The molecular formula is C9H13FO. The number of halogens is 1. The van der Waals surface area contributed by atoms with Crippen LogP contribution >= 0.6 is 0 Å². The van der Waals surface area contributed by atoms with Crippen molar-refractivity contribution in [3.8, 4) is 0 Å². The lowest BCUT2D eigenvalue weighted by molar-refractivity contribution is 0.179. The Balaban J connectivity index is 3.44. The van der Waals surface area contributed by atoms with E-state index in [0.717, 1.165) is 0 Å². The van der Waals surface area contributed by atoms with E-state index in [2.05, 4.69) is 0 Å². The zero-order valence-corrected chi connectivity index (χ0v) is 6.83. The summed E-state index contributed by atoms with van der Waals surface area (Å²) in [5.74, 6) is 0. The SMILES string of the molecule is CC(C)O/C=C/C=C\C=C\F. The monoisotopic (exact) mass is 156 g/mol. The minimum absolute atomic E-state index is 0.191. The van der Waals surface area contributed by atoms with Gasteiger partial charge in [-0.05, 0) is 26.0 Å². The molecule has 0 saturated heterocycles. The standard InChI is InChI=1S/C9H13FO/c1-9(2)11-8-6-4-3-5-7-10/h3-9H,1-2H3/b4-3-,7-5+,8-6+. The van der Waals surface area contributed by atoms with Crippen LogP contribution in [0.25, 0.3) is 0 Å². The van der Waals surface area contributed by atoms with Gasteiger partial charge in [-0.1, -0.05) is 12.2 Å². The summed E-state index contributed by atoms with van der Waals surface area (Å²) in [5.41, 5.74) is 0. The molecule has 0 fully saturated rings. The molecule has 0 bridgehead atoms. The van der Waals surface area contributed by atoms with E-state index in [0.29, 0.717) is 6.33 Å². The lowest BCUT2D eigenvalue weighted by Gasteiger charge is -2.00. The highest BCUT2D eigenvalue weighted by molar-refractivity contribution is 5.08. The molecular weight excluding hydrogens is 143 g/mol. The smallest absolute Gasteiger partial charge is 0.0922 e. The van der Waals surface area contributed by atoms with E-state index in [4.69, 9.17) is 4.74 Å². The van der Waals surface area contributed by atoms with Crippen molar-refractivity contribution in [1.29, 1.82) is 0 Å². The van der Waals surface area contributed by atoms with Gasteiger partial charge in [0.05, 0.1) is 18.7 Å². The molecule has 0 aromatic rings. The highest BCUT2D eigenvalue weighted by Gasteiger charge is 1.82. The van der Waals surface area contributed by atoms with E-state index in [1.54, 1.807) is 24.5 Å². The third-order valence-electron chi connectivity index (χ3n) is 0.835. The van der Waals surface area contributed by atoms with Crippen LogP contribution in [0.15, 0.2) is 36.9 Å². The Morgan fingerprint density at radius 1 is 1.09 bits per heavy atom. The summed E-state index contributed by atoms with van der Waals surface area (Å²) in [6.07, 6.45) is 8.54. The molecule has 0 aromatic carbocycles. The molecule has 0 rings (SSSR count). The summed E-state index contributed by atoms with van der Waals surface area (Å²) in [7, 11) is 0. The highest BCUT2D eigenvalue weighted by Crippen LogP contribution is 1.88.